The lowest BCUT2D eigenvalue weighted by molar-refractivity contribution is 0.102. The topological polar surface area (TPSA) is 42.9 Å². The molecule has 3 nitrogen and oxygen atoms in total. The number of benzene rings is 2. The summed E-state index contributed by atoms with van der Waals surface area (Å²) in [6.45, 7) is 6.50. The van der Waals surface area contributed by atoms with Gasteiger partial charge in [-0.15, -0.1) is 5.10 Å². The molecule has 3 rings (SSSR count). The van der Waals surface area contributed by atoms with E-state index in [9.17, 15) is 4.79 Å². The number of Topliss-reactive ketones (excluding diaryl/α,β-unsaturated/α-hetero) is 1. The summed E-state index contributed by atoms with van der Waals surface area (Å²) in [4.78, 5) is 12.4. The van der Waals surface area contributed by atoms with Crippen LogP contribution in [0.15, 0.2) is 59.8 Å². The van der Waals surface area contributed by atoms with E-state index in [1.807, 2.05) is 48.5 Å². The molecule has 0 fully saturated rings. The Balaban J connectivity index is 1.73. The molecule has 0 radical (unpaired) electrons. The van der Waals surface area contributed by atoms with E-state index in [4.69, 9.17) is 0 Å². The number of hydrogen-bond acceptors (Lipinski definition) is 4. The SMILES string of the molecule is CC(C)(C)c1ccc(C(=O)CSc2nncc3ccccc23)cc1. The molecule has 4 heteroatoms. The molecule has 1 heterocycles. The molecule has 0 aliphatic rings. The van der Waals surface area contributed by atoms with Crippen LogP contribution in [-0.2, 0) is 5.41 Å². The Bertz CT molecular complexity index is 861. The molecule has 0 atom stereocenters. The number of hydrogen-bond donors (Lipinski definition) is 0. The maximum Gasteiger partial charge on any atom is 0.173 e. The minimum atomic E-state index is 0.0921. The summed E-state index contributed by atoms with van der Waals surface area (Å²) in [6.07, 6.45) is 1.74. The predicted octanol–water partition coefficient (Wildman–Crippen LogP) is 4.90. The highest BCUT2D eigenvalue weighted by Gasteiger charge is 2.15. The van der Waals surface area contributed by atoms with Gasteiger partial charge in [0.15, 0.2) is 5.78 Å². The summed E-state index contributed by atoms with van der Waals surface area (Å²) >= 11 is 1.44. The standard InChI is InChI=1S/C20H20N2OS/c1-20(2,3)16-10-8-14(9-11-16)18(23)13-24-19-17-7-5-4-6-15(17)12-21-22-19/h4-12H,13H2,1-3H3. The van der Waals surface area contributed by atoms with Gasteiger partial charge in [-0.3, -0.25) is 4.79 Å². The molecule has 0 amide bonds. The minimum absolute atomic E-state index is 0.0921. The molecule has 0 aliphatic carbocycles. The van der Waals surface area contributed by atoms with E-state index < -0.39 is 0 Å². The molecular formula is C20H20N2OS. The lowest BCUT2D eigenvalue weighted by Crippen LogP contribution is -2.11. The molecule has 2 aromatic carbocycles. The molecule has 0 aliphatic heterocycles. The zero-order valence-electron chi connectivity index (χ0n) is 14.1. The van der Waals surface area contributed by atoms with Crippen molar-refractivity contribution in [2.45, 2.75) is 31.2 Å². The second-order valence-electron chi connectivity index (χ2n) is 6.78. The lowest BCUT2D eigenvalue weighted by Gasteiger charge is -2.18. The van der Waals surface area contributed by atoms with E-state index in [0.29, 0.717) is 5.75 Å². The van der Waals surface area contributed by atoms with Crippen LogP contribution in [0, 0.1) is 0 Å². The summed E-state index contributed by atoms with van der Waals surface area (Å²) in [5.41, 5.74) is 2.06. The fourth-order valence-electron chi connectivity index (χ4n) is 2.48. The quantitative estimate of drug-likeness (QED) is 0.502. The first-order valence-corrected chi connectivity index (χ1v) is 8.91. The third-order valence-corrected chi connectivity index (χ3v) is 4.93. The number of thioether (sulfide) groups is 1. The Hall–Kier alpha value is -2.20. The number of rotatable bonds is 4. The maximum atomic E-state index is 12.4. The van der Waals surface area contributed by atoms with Gasteiger partial charge in [0.1, 0.15) is 5.03 Å². The smallest absolute Gasteiger partial charge is 0.173 e. The molecular weight excluding hydrogens is 316 g/mol. The molecule has 0 unspecified atom stereocenters. The van der Waals surface area contributed by atoms with Gasteiger partial charge in [0.25, 0.3) is 0 Å². The number of carbonyl (C=O) groups excluding carboxylic acids is 1. The number of aromatic nitrogens is 2. The lowest BCUT2D eigenvalue weighted by atomic mass is 9.86. The van der Waals surface area contributed by atoms with Gasteiger partial charge in [0, 0.05) is 16.3 Å². The number of ketones is 1. The van der Waals surface area contributed by atoms with Gasteiger partial charge >= 0.3 is 0 Å². The summed E-state index contributed by atoms with van der Waals surface area (Å²) in [6, 6.07) is 15.9. The minimum Gasteiger partial charge on any atom is -0.293 e. The molecule has 0 N–H and O–H groups in total. The van der Waals surface area contributed by atoms with Gasteiger partial charge in [0.2, 0.25) is 0 Å². The van der Waals surface area contributed by atoms with Gasteiger partial charge in [-0.25, -0.2) is 0 Å². The van der Waals surface area contributed by atoms with Crippen LogP contribution < -0.4 is 0 Å². The van der Waals surface area contributed by atoms with Crippen molar-refractivity contribution in [3.8, 4) is 0 Å². The van der Waals surface area contributed by atoms with Crippen molar-refractivity contribution >= 4 is 28.3 Å². The highest BCUT2D eigenvalue weighted by atomic mass is 32.2. The van der Waals surface area contributed by atoms with Crippen LogP contribution in [-0.4, -0.2) is 21.7 Å². The Kier molecular flexibility index (Phi) is 4.67. The largest absolute Gasteiger partial charge is 0.293 e. The Morgan fingerprint density at radius 2 is 1.75 bits per heavy atom. The zero-order chi connectivity index (χ0) is 17.2. The second kappa shape index (κ2) is 6.73. The van der Waals surface area contributed by atoms with Crippen LogP contribution in [0.2, 0.25) is 0 Å². The molecule has 1 aromatic heterocycles. The summed E-state index contributed by atoms with van der Waals surface area (Å²) < 4.78 is 0. The van der Waals surface area contributed by atoms with E-state index in [1.54, 1.807) is 6.20 Å². The second-order valence-corrected chi connectivity index (χ2v) is 7.74. The monoisotopic (exact) mass is 336 g/mol. The first kappa shape index (κ1) is 16.7. The van der Waals surface area contributed by atoms with Gasteiger partial charge in [0.05, 0.1) is 11.9 Å². The van der Waals surface area contributed by atoms with Crippen molar-refractivity contribution in [3.05, 3.63) is 65.9 Å². The highest BCUT2D eigenvalue weighted by molar-refractivity contribution is 8.00. The molecule has 3 aromatic rings. The fraction of sp³-hybridized carbons (Fsp3) is 0.250. The van der Waals surface area contributed by atoms with Gasteiger partial charge in [-0.2, -0.15) is 5.10 Å². The first-order valence-electron chi connectivity index (χ1n) is 7.92. The van der Waals surface area contributed by atoms with E-state index in [0.717, 1.165) is 21.4 Å². The zero-order valence-corrected chi connectivity index (χ0v) is 14.9. The van der Waals surface area contributed by atoms with Gasteiger partial charge < -0.3 is 0 Å². The Labute approximate surface area is 146 Å². The van der Waals surface area contributed by atoms with E-state index in [2.05, 4.69) is 31.0 Å². The van der Waals surface area contributed by atoms with Gasteiger partial charge in [-0.05, 0) is 11.0 Å². The summed E-state index contributed by atoms with van der Waals surface area (Å²) in [5, 5.41) is 11.1. The van der Waals surface area contributed by atoms with Crippen LogP contribution in [0.25, 0.3) is 10.8 Å². The summed E-state index contributed by atoms with van der Waals surface area (Å²) in [7, 11) is 0. The average molecular weight is 336 g/mol. The first-order chi connectivity index (χ1) is 11.4. The molecule has 0 bridgehead atoms. The molecule has 0 spiro atoms. The van der Waals surface area contributed by atoms with Crippen molar-refractivity contribution in [1.82, 2.24) is 10.2 Å². The molecule has 24 heavy (non-hydrogen) atoms. The van der Waals surface area contributed by atoms with Crippen LogP contribution in [0.3, 0.4) is 0 Å². The van der Waals surface area contributed by atoms with Crippen LogP contribution in [0.5, 0.6) is 0 Å². The molecule has 0 saturated heterocycles. The number of nitrogens with zero attached hydrogens (tertiary/aromatic N) is 2. The Morgan fingerprint density at radius 3 is 2.46 bits per heavy atom. The number of carbonyl (C=O) groups is 1. The Morgan fingerprint density at radius 1 is 1.04 bits per heavy atom. The summed E-state index contributed by atoms with van der Waals surface area (Å²) in [5.74, 6) is 0.465. The van der Waals surface area contributed by atoms with E-state index >= 15 is 0 Å². The average Bonchev–Trinajstić information content (AvgIpc) is 2.59. The van der Waals surface area contributed by atoms with Crippen LogP contribution in [0.4, 0.5) is 0 Å². The third-order valence-electron chi connectivity index (χ3n) is 3.95. The van der Waals surface area contributed by atoms with Crippen LogP contribution in [0.1, 0.15) is 36.7 Å². The maximum absolute atomic E-state index is 12.4. The predicted molar refractivity (Wildman–Crippen MR) is 99.7 cm³/mol. The van der Waals surface area contributed by atoms with Crippen molar-refractivity contribution in [3.63, 3.8) is 0 Å². The molecule has 0 saturated carbocycles. The van der Waals surface area contributed by atoms with E-state index in [1.165, 1.54) is 17.3 Å². The van der Waals surface area contributed by atoms with Crippen LogP contribution >= 0.6 is 11.8 Å². The molecule has 122 valence electrons. The highest BCUT2D eigenvalue weighted by Crippen LogP contribution is 2.26. The van der Waals surface area contributed by atoms with Crippen molar-refractivity contribution in [2.75, 3.05) is 5.75 Å². The number of fused-ring (bicyclic) bond motifs is 1. The van der Waals surface area contributed by atoms with Crippen molar-refractivity contribution in [1.29, 1.82) is 0 Å². The van der Waals surface area contributed by atoms with E-state index in [-0.39, 0.29) is 11.2 Å². The van der Waals surface area contributed by atoms with Gasteiger partial charge in [-0.1, -0.05) is 81.1 Å². The van der Waals surface area contributed by atoms with Crippen molar-refractivity contribution < 1.29 is 4.79 Å². The third kappa shape index (κ3) is 3.65. The normalized spacial score (nSPS) is 11.6. The van der Waals surface area contributed by atoms with Crippen molar-refractivity contribution in [2.24, 2.45) is 0 Å². The fourth-order valence-corrected chi connectivity index (χ4v) is 3.36.